The largest absolute Gasteiger partial charge is 0.450 e. The zero-order valence-corrected chi connectivity index (χ0v) is 11.7. The van der Waals surface area contributed by atoms with Gasteiger partial charge in [0.25, 0.3) is 0 Å². The molecular formula is C15H15FN2O3. The van der Waals surface area contributed by atoms with Gasteiger partial charge < -0.3 is 10.1 Å². The lowest BCUT2D eigenvalue weighted by Gasteiger charge is -2.11. The van der Waals surface area contributed by atoms with Gasteiger partial charge in [-0.3, -0.25) is 10.1 Å². The molecule has 0 heterocycles. The highest BCUT2D eigenvalue weighted by atomic mass is 19.1. The lowest BCUT2D eigenvalue weighted by Crippen LogP contribution is -2.06. The molecule has 0 saturated heterocycles. The van der Waals surface area contributed by atoms with Gasteiger partial charge in [0.1, 0.15) is 11.6 Å². The maximum atomic E-state index is 13.5. The fourth-order valence-corrected chi connectivity index (χ4v) is 1.93. The molecule has 0 fully saturated rings. The first-order valence-corrected chi connectivity index (χ1v) is 6.38. The monoisotopic (exact) mass is 290 g/mol. The van der Waals surface area contributed by atoms with Crippen molar-refractivity contribution in [2.75, 3.05) is 7.05 Å². The van der Waals surface area contributed by atoms with E-state index in [1.807, 2.05) is 12.1 Å². The molecule has 2 rings (SSSR count). The Kier molecular flexibility index (Phi) is 4.49. The van der Waals surface area contributed by atoms with E-state index in [0.717, 1.165) is 11.6 Å². The van der Waals surface area contributed by atoms with Crippen molar-refractivity contribution in [3.63, 3.8) is 0 Å². The van der Waals surface area contributed by atoms with Crippen LogP contribution >= 0.6 is 0 Å². The van der Waals surface area contributed by atoms with Crippen LogP contribution in [0.15, 0.2) is 36.4 Å². The second-order valence-corrected chi connectivity index (χ2v) is 4.57. The second kappa shape index (κ2) is 6.32. The summed E-state index contributed by atoms with van der Waals surface area (Å²) >= 11 is 0. The van der Waals surface area contributed by atoms with E-state index in [1.165, 1.54) is 13.0 Å². The molecule has 0 atom stereocenters. The molecule has 0 saturated carbocycles. The van der Waals surface area contributed by atoms with Crippen molar-refractivity contribution in [1.82, 2.24) is 5.32 Å². The summed E-state index contributed by atoms with van der Waals surface area (Å²) in [4.78, 5) is 10.4. The zero-order valence-electron chi connectivity index (χ0n) is 11.7. The Labute approximate surface area is 121 Å². The smallest absolute Gasteiger partial charge is 0.314 e. The summed E-state index contributed by atoms with van der Waals surface area (Å²) in [5.41, 5.74) is 0.760. The molecule has 0 radical (unpaired) electrons. The van der Waals surface area contributed by atoms with Crippen LogP contribution in [0.25, 0.3) is 0 Å². The van der Waals surface area contributed by atoms with E-state index in [0.29, 0.717) is 17.9 Å². The van der Waals surface area contributed by atoms with Gasteiger partial charge in [-0.1, -0.05) is 18.2 Å². The number of halogens is 1. The van der Waals surface area contributed by atoms with Crippen molar-refractivity contribution in [1.29, 1.82) is 0 Å². The standard InChI is InChI=1S/C15H15FN2O3/c1-10-7-15(13(18(19)20)8-12(10)16)21-14-6-4-3-5-11(14)9-17-2/h3-8,17H,9H2,1-2H3. The number of benzene rings is 2. The average molecular weight is 290 g/mol. The van der Waals surface area contributed by atoms with E-state index in [1.54, 1.807) is 19.2 Å². The summed E-state index contributed by atoms with van der Waals surface area (Å²) < 4.78 is 19.1. The van der Waals surface area contributed by atoms with Gasteiger partial charge in [0.05, 0.1) is 11.0 Å². The summed E-state index contributed by atoms with van der Waals surface area (Å²) in [6.45, 7) is 2.09. The molecule has 21 heavy (non-hydrogen) atoms. The summed E-state index contributed by atoms with van der Waals surface area (Å²) in [5, 5.41) is 14.0. The van der Waals surface area contributed by atoms with Crippen molar-refractivity contribution in [3.05, 3.63) is 63.5 Å². The molecule has 0 bridgehead atoms. The Morgan fingerprint density at radius 2 is 2.00 bits per heavy atom. The second-order valence-electron chi connectivity index (χ2n) is 4.57. The molecule has 1 N–H and O–H groups in total. The highest BCUT2D eigenvalue weighted by molar-refractivity contribution is 5.51. The number of hydrogen-bond donors (Lipinski definition) is 1. The number of nitro groups is 1. The van der Waals surface area contributed by atoms with Crippen molar-refractivity contribution in [2.24, 2.45) is 0 Å². The lowest BCUT2D eigenvalue weighted by atomic mass is 10.1. The molecular weight excluding hydrogens is 275 g/mol. The van der Waals surface area contributed by atoms with Crippen molar-refractivity contribution in [3.8, 4) is 11.5 Å². The van der Waals surface area contributed by atoms with Crippen LogP contribution in [0.2, 0.25) is 0 Å². The Hall–Kier alpha value is -2.47. The SMILES string of the molecule is CNCc1ccccc1Oc1cc(C)c(F)cc1[N+](=O)[O-]. The van der Waals surface area contributed by atoms with E-state index in [9.17, 15) is 14.5 Å². The van der Waals surface area contributed by atoms with Gasteiger partial charge >= 0.3 is 5.69 Å². The maximum absolute atomic E-state index is 13.5. The molecule has 0 amide bonds. The highest BCUT2D eigenvalue weighted by Gasteiger charge is 2.19. The van der Waals surface area contributed by atoms with Crippen LogP contribution in [0, 0.1) is 22.9 Å². The highest BCUT2D eigenvalue weighted by Crippen LogP contribution is 2.34. The number of ether oxygens (including phenoxy) is 1. The molecule has 0 aliphatic carbocycles. The van der Waals surface area contributed by atoms with Crippen LogP contribution in [-0.4, -0.2) is 12.0 Å². The molecule has 110 valence electrons. The predicted octanol–water partition coefficient (Wildman–Crippen LogP) is 3.55. The lowest BCUT2D eigenvalue weighted by molar-refractivity contribution is -0.385. The fraction of sp³-hybridized carbons (Fsp3) is 0.200. The van der Waals surface area contributed by atoms with Gasteiger partial charge in [0.2, 0.25) is 5.75 Å². The molecule has 0 aliphatic heterocycles. The summed E-state index contributed by atoms with van der Waals surface area (Å²) in [7, 11) is 1.79. The van der Waals surface area contributed by atoms with Gasteiger partial charge in [0, 0.05) is 12.1 Å². The third kappa shape index (κ3) is 3.35. The van der Waals surface area contributed by atoms with Crippen LogP contribution in [0.4, 0.5) is 10.1 Å². The predicted molar refractivity (Wildman–Crippen MR) is 77.1 cm³/mol. The minimum Gasteiger partial charge on any atom is -0.450 e. The molecule has 0 aromatic heterocycles. The van der Waals surface area contributed by atoms with Crippen molar-refractivity contribution >= 4 is 5.69 Å². The minimum atomic E-state index is -0.654. The number of hydrogen-bond acceptors (Lipinski definition) is 4. The van der Waals surface area contributed by atoms with Gasteiger partial charge in [-0.05, 0) is 31.7 Å². The Balaban J connectivity index is 2.44. The molecule has 0 spiro atoms. The number of aryl methyl sites for hydroxylation is 1. The zero-order chi connectivity index (χ0) is 15.4. The van der Waals surface area contributed by atoms with Crippen molar-refractivity contribution in [2.45, 2.75) is 13.5 Å². The normalized spacial score (nSPS) is 10.4. The topological polar surface area (TPSA) is 64.4 Å². The third-order valence-electron chi connectivity index (χ3n) is 3.00. The van der Waals surface area contributed by atoms with E-state index in [4.69, 9.17) is 4.74 Å². The molecule has 2 aromatic rings. The quantitative estimate of drug-likeness (QED) is 0.675. The van der Waals surface area contributed by atoms with E-state index in [2.05, 4.69) is 5.32 Å². The Bertz CT molecular complexity index is 674. The summed E-state index contributed by atoms with van der Waals surface area (Å²) in [6, 6.07) is 9.42. The van der Waals surface area contributed by atoms with Crippen LogP contribution in [0.5, 0.6) is 11.5 Å². The molecule has 6 heteroatoms. The summed E-state index contributed by atoms with van der Waals surface area (Å²) in [5.74, 6) is -0.0963. The van der Waals surface area contributed by atoms with E-state index < -0.39 is 16.4 Å². The molecule has 0 unspecified atom stereocenters. The number of para-hydroxylation sites is 1. The number of nitrogens with one attached hydrogen (secondary N) is 1. The Morgan fingerprint density at radius 1 is 1.29 bits per heavy atom. The minimum absolute atomic E-state index is 0.0300. The van der Waals surface area contributed by atoms with E-state index in [-0.39, 0.29) is 5.75 Å². The fourth-order valence-electron chi connectivity index (χ4n) is 1.93. The number of nitro benzene ring substituents is 1. The van der Waals surface area contributed by atoms with Gasteiger partial charge in [0.15, 0.2) is 0 Å². The number of nitrogens with zero attached hydrogens (tertiary/aromatic N) is 1. The Morgan fingerprint density at radius 3 is 2.67 bits per heavy atom. The third-order valence-corrected chi connectivity index (χ3v) is 3.00. The van der Waals surface area contributed by atoms with Gasteiger partial charge in [-0.15, -0.1) is 0 Å². The van der Waals surface area contributed by atoms with Crippen LogP contribution < -0.4 is 10.1 Å². The summed E-state index contributed by atoms with van der Waals surface area (Å²) in [6.07, 6.45) is 0. The van der Waals surface area contributed by atoms with Crippen LogP contribution in [0.1, 0.15) is 11.1 Å². The first kappa shape index (κ1) is 14.9. The van der Waals surface area contributed by atoms with Crippen LogP contribution in [-0.2, 0) is 6.54 Å². The first-order chi connectivity index (χ1) is 10.0. The molecule has 5 nitrogen and oxygen atoms in total. The average Bonchev–Trinajstić information content (AvgIpc) is 2.44. The van der Waals surface area contributed by atoms with Crippen molar-refractivity contribution < 1.29 is 14.1 Å². The first-order valence-electron chi connectivity index (χ1n) is 6.38. The molecule has 2 aromatic carbocycles. The molecule has 0 aliphatic rings. The van der Waals surface area contributed by atoms with E-state index >= 15 is 0 Å². The van der Waals surface area contributed by atoms with Gasteiger partial charge in [-0.2, -0.15) is 0 Å². The maximum Gasteiger partial charge on any atom is 0.314 e. The van der Waals surface area contributed by atoms with Crippen LogP contribution in [0.3, 0.4) is 0 Å². The number of rotatable bonds is 5. The van der Waals surface area contributed by atoms with Gasteiger partial charge in [-0.25, -0.2) is 4.39 Å².